The number of hydrogen-bond acceptors (Lipinski definition) is 2. The Morgan fingerprint density at radius 3 is 2.62 bits per heavy atom. The van der Waals surface area contributed by atoms with E-state index >= 15 is 0 Å². The van der Waals surface area contributed by atoms with E-state index in [9.17, 15) is 4.79 Å². The predicted molar refractivity (Wildman–Crippen MR) is 94.0 cm³/mol. The largest absolute Gasteiger partial charge is 0.370 e. The van der Waals surface area contributed by atoms with Gasteiger partial charge >= 0.3 is 0 Å². The van der Waals surface area contributed by atoms with E-state index in [1.165, 1.54) is 0 Å². The summed E-state index contributed by atoms with van der Waals surface area (Å²) < 4.78 is 7.85. The fraction of sp³-hybridized carbons (Fsp3) is 0.250. The Kier molecular flexibility index (Phi) is 3.82. The molecule has 122 valence electrons. The number of hydrogen-bond donors (Lipinski definition) is 0. The van der Waals surface area contributed by atoms with Crippen molar-refractivity contribution in [1.29, 1.82) is 0 Å². The molecule has 0 radical (unpaired) electrons. The van der Waals surface area contributed by atoms with Gasteiger partial charge in [0, 0.05) is 24.5 Å². The van der Waals surface area contributed by atoms with Gasteiger partial charge in [0.1, 0.15) is 11.8 Å². The second kappa shape index (κ2) is 6.13. The smallest absolute Gasteiger partial charge is 0.270 e. The number of rotatable bonds is 2. The molecule has 4 rings (SSSR count). The van der Waals surface area contributed by atoms with E-state index in [-0.39, 0.29) is 12.0 Å². The van der Waals surface area contributed by atoms with E-state index in [4.69, 9.17) is 4.74 Å². The van der Waals surface area contributed by atoms with Crippen LogP contribution in [0.3, 0.4) is 0 Å². The number of amides is 1. The predicted octanol–water partition coefficient (Wildman–Crippen LogP) is 3.39. The first-order valence-electron chi connectivity index (χ1n) is 8.24. The highest BCUT2D eigenvalue weighted by molar-refractivity contribution is 5.98. The first-order chi connectivity index (χ1) is 11.7. The molecule has 1 aromatic heterocycles. The number of ether oxygens (including phenoxy) is 1. The Morgan fingerprint density at radius 2 is 1.83 bits per heavy atom. The molecule has 1 saturated heterocycles. The highest BCUT2D eigenvalue weighted by atomic mass is 16.5. The molecular formula is C20H20N2O2. The summed E-state index contributed by atoms with van der Waals surface area (Å²) >= 11 is 0. The summed E-state index contributed by atoms with van der Waals surface area (Å²) in [5, 5.41) is 1.09. The van der Waals surface area contributed by atoms with Crippen LogP contribution in [0, 0.1) is 0 Å². The molecule has 1 unspecified atom stereocenters. The molecule has 0 bridgehead atoms. The van der Waals surface area contributed by atoms with Gasteiger partial charge in [-0.3, -0.25) is 4.79 Å². The summed E-state index contributed by atoms with van der Waals surface area (Å²) in [5.41, 5.74) is 2.92. The van der Waals surface area contributed by atoms with Crippen molar-refractivity contribution in [2.75, 3.05) is 19.7 Å². The molecule has 4 nitrogen and oxygen atoms in total. The molecule has 0 N–H and O–H groups in total. The number of nitrogens with zero attached hydrogens (tertiary/aromatic N) is 2. The van der Waals surface area contributed by atoms with Gasteiger partial charge in [0.05, 0.1) is 13.2 Å². The van der Waals surface area contributed by atoms with Crippen LogP contribution < -0.4 is 0 Å². The molecule has 1 amide bonds. The minimum Gasteiger partial charge on any atom is -0.370 e. The minimum absolute atomic E-state index is 0.0569. The summed E-state index contributed by atoms with van der Waals surface area (Å²) in [4.78, 5) is 14.9. The summed E-state index contributed by atoms with van der Waals surface area (Å²) in [7, 11) is 1.95. The van der Waals surface area contributed by atoms with Crippen LogP contribution in [0.25, 0.3) is 10.9 Å². The zero-order valence-electron chi connectivity index (χ0n) is 13.7. The lowest BCUT2D eigenvalue weighted by Gasteiger charge is -2.33. The van der Waals surface area contributed by atoms with Crippen LogP contribution in [0.15, 0.2) is 60.7 Å². The Bertz CT molecular complexity index is 870. The van der Waals surface area contributed by atoms with E-state index < -0.39 is 0 Å². The molecule has 0 spiro atoms. The zero-order chi connectivity index (χ0) is 16.5. The van der Waals surface area contributed by atoms with Crippen molar-refractivity contribution in [1.82, 2.24) is 9.47 Å². The fourth-order valence-electron chi connectivity index (χ4n) is 3.36. The van der Waals surface area contributed by atoms with Crippen LogP contribution in [0.4, 0.5) is 0 Å². The van der Waals surface area contributed by atoms with Gasteiger partial charge in [0.15, 0.2) is 0 Å². The number of carbonyl (C=O) groups is 1. The third-order valence-corrected chi connectivity index (χ3v) is 4.70. The van der Waals surface area contributed by atoms with Gasteiger partial charge in [-0.25, -0.2) is 0 Å². The van der Waals surface area contributed by atoms with Crippen LogP contribution in [0.2, 0.25) is 0 Å². The Labute approximate surface area is 141 Å². The molecule has 1 aliphatic rings. The third-order valence-electron chi connectivity index (χ3n) is 4.70. The van der Waals surface area contributed by atoms with Crippen molar-refractivity contribution in [2.45, 2.75) is 6.10 Å². The number of benzene rings is 2. The van der Waals surface area contributed by atoms with Crippen LogP contribution >= 0.6 is 0 Å². The summed E-state index contributed by atoms with van der Waals surface area (Å²) in [6.45, 7) is 1.78. The Morgan fingerprint density at radius 1 is 1.08 bits per heavy atom. The van der Waals surface area contributed by atoms with Crippen LogP contribution in [0.5, 0.6) is 0 Å². The number of fused-ring (bicyclic) bond motifs is 1. The van der Waals surface area contributed by atoms with Crippen molar-refractivity contribution in [3.8, 4) is 0 Å². The van der Waals surface area contributed by atoms with Gasteiger partial charge in [-0.1, -0.05) is 48.5 Å². The normalized spacial score (nSPS) is 18.0. The maximum absolute atomic E-state index is 13.0. The summed E-state index contributed by atoms with van der Waals surface area (Å²) in [6.07, 6.45) is -0.0569. The summed E-state index contributed by atoms with van der Waals surface area (Å²) in [6, 6.07) is 20.1. The molecule has 0 saturated carbocycles. The number of morpholine rings is 1. The lowest BCUT2D eigenvalue weighted by atomic mass is 10.1. The van der Waals surface area contributed by atoms with Crippen LogP contribution in [-0.2, 0) is 11.8 Å². The molecule has 2 aromatic carbocycles. The molecule has 1 aliphatic heterocycles. The monoisotopic (exact) mass is 320 g/mol. The maximum atomic E-state index is 13.0. The molecule has 1 atom stereocenters. The first-order valence-corrected chi connectivity index (χ1v) is 8.24. The standard InChI is InChI=1S/C20H20N2O2/c1-21-17-10-6-5-9-16(17)13-18(21)20(23)22-11-12-24-19(14-22)15-7-3-2-4-8-15/h2-10,13,19H,11-12,14H2,1H3. The van der Waals surface area contributed by atoms with E-state index in [0.717, 1.165) is 22.2 Å². The molecule has 3 aromatic rings. The second-order valence-corrected chi connectivity index (χ2v) is 6.17. The summed E-state index contributed by atoms with van der Waals surface area (Å²) in [5.74, 6) is 0.0675. The topological polar surface area (TPSA) is 34.5 Å². The van der Waals surface area contributed by atoms with E-state index in [0.29, 0.717) is 19.7 Å². The highest BCUT2D eigenvalue weighted by Gasteiger charge is 2.27. The van der Waals surface area contributed by atoms with Crippen molar-refractivity contribution in [3.05, 3.63) is 71.9 Å². The fourth-order valence-corrected chi connectivity index (χ4v) is 3.36. The Hall–Kier alpha value is -2.59. The maximum Gasteiger partial charge on any atom is 0.270 e. The van der Waals surface area contributed by atoms with Crippen molar-refractivity contribution in [3.63, 3.8) is 0 Å². The quantitative estimate of drug-likeness (QED) is 0.725. The van der Waals surface area contributed by atoms with Gasteiger partial charge in [0.2, 0.25) is 0 Å². The van der Waals surface area contributed by atoms with E-state index in [1.807, 2.05) is 65.0 Å². The van der Waals surface area contributed by atoms with E-state index in [2.05, 4.69) is 12.1 Å². The highest BCUT2D eigenvalue weighted by Crippen LogP contribution is 2.25. The van der Waals surface area contributed by atoms with Gasteiger partial charge in [-0.15, -0.1) is 0 Å². The SMILES string of the molecule is Cn1c(C(=O)N2CCOC(c3ccccc3)C2)cc2ccccc21. The molecule has 4 heteroatoms. The van der Waals surface area contributed by atoms with Gasteiger partial charge in [0.25, 0.3) is 5.91 Å². The van der Waals surface area contributed by atoms with Crippen molar-refractivity contribution >= 4 is 16.8 Å². The average molecular weight is 320 g/mol. The van der Waals surface area contributed by atoms with Gasteiger partial charge < -0.3 is 14.2 Å². The van der Waals surface area contributed by atoms with E-state index in [1.54, 1.807) is 0 Å². The molecule has 1 fully saturated rings. The molecule has 0 aliphatic carbocycles. The minimum atomic E-state index is -0.0569. The lowest BCUT2D eigenvalue weighted by molar-refractivity contribution is -0.0231. The third kappa shape index (κ3) is 2.59. The average Bonchev–Trinajstić information content (AvgIpc) is 2.99. The number of carbonyl (C=O) groups excluding carboxylic acids is 1. The molecule has 2 heterocycles. The molecule has 24 heavy (non-hydrogen) atoms. The second-order valence-electron chi connectivity index (χ2n) is 6.17. The van der Waals surface area contributed by atoms with Crippen LogP contribution in [-0.4, -0.2) is 35.1 Å². The van der Waals surface area contributed by atoms with Crippen molar-refractivity contribution < 1.29 is 9.53 Å². The Balaban J connectivity index is 1.60. The van der Waals surface area contributed by atoms with Gasteiger partial charge in [-0.05, 0) is 17.7 Å². The number of aromatic nitrogens is 1. The molecular weight excluding hydrogens is 300 g/mol. The first kappa shape index (κ1) is 15.0. The van der Waals surface area contributed by atoms with Crippen LogP contribution in [0.1, 0.15) is 22.2 Å². The van der Waals surface area contributed by atoms with Crippen molar-refractivity contribution in [2.24, 2.45) is 7.05 Å². The van der Waals surface area contributed by atoms with Gasteiger partial charge in [-0.2, -0.15) is 0 Å². The zero-order valence-corrected chi connectivity index (χ0v) is 13.7. The number of aryl methyl sites for hydroxylation is 1. The lowest BCUT2D eigenvalue weighted by Crippen LogP contribution is -2.42. The number of para-hydroxylation sites is 1.